The van der Waals surface area contributed by atoms with Gasteiger partial charge < -0.3 is 14.3 Å². The van der Waals surface area contributed by atoms with E-state index in [1.165, 1.54) is 36.5 Å². The van der Waals surface area contributed by atoms with Gasteiger partial charge in [-0.1, -0.05) is 0 Å². The largest absolute Gasteiger partial charge is 0.458 e. The number of nitrogens with one attached hydrogen (secondary N) is 1. The molecular formula is C20H17F3N6O2. The molecule has 5 rings (SSSR count). The molecule has 0 radical (unpaired) electrons. The van der Waals surface area contributed by atoms with Crippen LogP contribution in [-0.4, -0.2) is 42.1 Å². The van der Waals surface area contributed by atoms with E-state index in [-0.39, 0.29) is 12.4 Å². The van der Waals surface area contributed by atoms with Crippen molar-refractivity contribution in [1.82, 2.24) is 29.6 Å². The Labute approximate surface area is 173 Å². The molecular weight excluding hydrogens is 413 g/mol. The molecule has 0 unspecified atom stereocenters. The normalized spacial score (nSPS) is 16.3. The van der Waals surface area contributed by atoms with Crippen molar-refractivity contribution in [3.8, 4) is 0 Å². The second kappa shape index (κ2) is 6.96. The zero-order valence-electron chi connectivity index (χ0n) is 16.6. The number of aryl methyl sites for hydroxylation is 2. The maximum absolute atomic E-state index is 13.8. The van der Waals surface area contributed by atoms with E-state index in [4.69, 9.17) is 4.42 Å². The van der Waals surface area contributed by atoms with E-state index in [1.54, 1.807) is 6.92 Å². The number of H-pyrrole nitrogens is 1. The molecule has 0 bridgehead atoms. The SMILES string of the molecule is Cc1c([C@@H]2c3nc[nH]c3CCN2C(=O)c2nc(C(F)F)nn2C)oc2ccc(F)cc12. The highest BCUT2D eigenvalue weighted by Crippen LogP contribution is 2.39. The number of rotatable bonds is 3. The van der Waals surface area contributed by atoms with Gasteiger partial charge in [0.2, 0.25) is 11.6 Å². The topological polar surface area (TPSA) is 92.8 Å². The first kappa shape index (κ1) is 19.3. The summed E-state index contributed by atoms with van der Waals surface area (Å²) in [4.78, 5) is 26.0. The van der Waals surface area contributed by atoms with E-state index in [2.05, 4.69) is 20.1 Å². The zero-order chi connectivity index (χ0) is 21.9. The number of imidazole rings is 1. The minimum absolute atomic E-state index is 0.209. The summed E-state index contributed by atoms with van der Waals surface area (Å²) in [6, 6.07) is 3.46. The number of halogens is 3. The molecule has 0 fully saturated rings. The highest BCUT2D eigenvalue weighted by Gasteiger charge is 2.39. The molecule has 31 heavy (non-hydrogen) atoms. The van der Waals surface area contributed by atoms with Gasteiger partial charge in [0.1, 0.15) is 23.2 Å². The summed E-state index contributed by atoms with van der Waals surface area (Å²) in [5.74, 6) is -1.47. The quantitative estimate of drug-likeness (QED) is 0.537. The number of nitrogens with zero attached hydrogens (tertiary/aromatic N) is 5. The number of carbonyl (C=O) groups excluding carboxylic acids is 1. The number of aromatic amines is 1. The van der Waals surface area contributed by atoms with Crippen LogP contribution in [0.1, 0.15) is 51.6 Å². The van der Waals surface area contributed by atoms with Crippen LogP contribution in [0.3, 0.4) is 0 Å². The standard InChI is InChI=1S/C20H17F3N6O2/c1-9-11-7-10(21)3-4-13(11)31-16(9)15-14-12(24-8-25-14)5-6-29(15)20(30)19-26-18(17(22)23)27-28(19)2/h3-4,7-8,15,17H,5-6H2,1-2H3,(H,24,25)/t15-/m0/s1. The monoisotopic (exact) mass is 430 g/mol. The number of alkyl halides is 2. The van der Waals surface area contributed by atoms with Gasteiger partial charge in [-0.3, -0.25) is 4.79 Å². The molecule has 0 spiro atoms. The number of furan rings is 1. The highest BCUT2D eigenvalue weighted by molar-refractivity contribution is 5.92. The van der Waals surface area contributed by atoms with E-state index in [1.807, 2.05) is 0 Å². The summed E-state index contributed by atoms with van der Waals surface area (Å²) in [7, 11) is 1.39. The van der Waals surface area contributed by atoms with Crippen LogP contribution < -0.4 is 0 Å². The van der Waals surface area contributed by atoms with Gasteiger partial charge >= 0.3 is 0 Å². The smallest absolute Gasteiger partial charge is 0.299 e. The predicted octanol–water partition coefficient (Wildman–Crippen LogP) is 3.46. The molecule has 1 aliphatic heterocycles. The van der Waals surface area contributed by atoms with Crippen LogP contribution in [0.2, 0.25) is 0 Å². The van der Waals surface area contributed by atoms with E-state index < -0.39 is 30.0 Å². The first-order chi connectivity index (χ1) is 14.8. The van der Waals surface area contributed by atoms with Crippen molar-refractivity contribution >= 4 is 16.9 Å². The molecule has 11 heteroatoms. The summed E-state index contributed by atoms with van der Waals surface area (Å²) >= 11 is 0. The summed E-state index contributed by atoms with van der Waals surface area (Å²) in [5, 5.41) is 4.23. The number of carbonyl (C=O) groups is 1. The Morgan fingerprint density at radius 1 is 1.35 bits per heavy atom. The molecule has 1 aliphatic rings. The van der Waals surface area contributed by atoms with Crippen molar-refractivity contribution in [2.75, 3.05) is 6.54 Å². The summed E-state index contributed by atoms with van der Waals surface area (Å²) in [6.45, 7) is 2.06. The molecule has 0 aliphatic carbocycles. The Morgan fingerprint density at radius 2 is 2.16 bits per heavy atom. The van der Waals surface area contributed by atoms with E-state index in [9.17, 15) is 18.0 Å². The van der Waals surface area contributed by atoms with Gasteiger partial charge in [0, 0.05) is 36.7 Å². The molecule has 0 saturated heterocycles. The van der Waals surface area contributed by atoms with Crippen LogP contribution in [0, 0.1) is 12.7 Å². The number of amides is 1. The Bertz CT molecular complexity index is 1310. The Kier molecular flexibility index (Phi) is 4.34. The zero-order valence-corrected chi connectivity index (χ0v) is 16.6. The number of benzene rings is 1. The molecule has 1 atom stereocenters. The number of hydrogen-bond acceptors (Lipinski definition) is 5. The molecule has 3 aromatic heterocycles. The van der Waals surface area contributed by atoms with Crippen LogP contribution in [0.25, 0.3) is 11.0 Å². The first-order valence-electron chi connectivity index (χ1n) is 9.56. The fourth-order valence-electron chi connectivity index (χ4n) is 4.05. The molecule has 1 N–H and O–H groups in total. The maximum Gasteiger partial charge on any atom is 0.299 e. The maximum atomic E-state index is 13.8. The Hall–Kier alpha value is -3.63. The van der Waals surface area contributed by atoms with Gasteiger partial charge in [0.15, 0.2) is 0 Å². The molecule has 1 amide bonds. The lowest BCUT2D eigenvalue weighted by Gasteiger charge is -2.33. The van der Waals surface area contributed by atoms with Crippen LogP contribution in [0.15, 0.2) is 28.9 Å². The van der Waals surface area contributed by atoms with Crippen LogP contribution in [0.5, 0.6) is 0 Å². The highest BCUT2D eigenvalue weighted by atomic mass is 19.3. The van der Waals surface area contributed by atoms with Crippen LogP contribution in [0.4, 0.5) is 13.2 Å². The summed E-state index contributed by atoms with van der Waals surface area (Å²) < 4.78 is 47.0. The second-order valence-electron chi connectivity index (χ2n) is 7.37. The number of hydrogen-bond donors (Lipinski definition) is 1. The van der Waals surface area contributed by atoms with E-state index in [0.717, 1.165) is 10.4 Å². The third-order valence-corrected chi connectivity index (χ3v) is 5.54. The summed E-state index contributed by atoms with van der Waals surface area (Å²) in [5.41, 5.74) is 2.56. The van der Waals surface area contributed by atoms with E-state index in [0.29, 0.717) is 34.4 Å². The van der Waals surface area contributed by atoms with Crippen molar-refractivity contribution in [1.29, 1.82) is 0 Å². The molecule has 160 valence electrons. The number of fused-ring (bicyclic) bond motifs is 2. The average Bonchev–Trinajstić information content (AvgIpc) is 3.44. The Morgan fingerprint density at radius 3 is 2.90 bits per heavy atom. The minimum atomic E-state index is -2.89. The van der Waals surface area contributed by atoms with Crippen molar-refractivity contribution in [2.24, 2.45) is 7.05 Å². The van der Waals surface area contributed by atoms with Gasteiger partial charge in [-0.05, 0) is 25.1 Å². The second-order valence-corrected chi connectivity index (χ2v) is 7.37. The van der Waals surface area contributed by atoms with Gasteiger partial charge in [-0.2, -0.15) is 0 Å². The third kappa shape index (κ3) is 2.99. The van der Waals surface area contributed by atoms with Crippen LogP contribution in [-0.2, 0) is 13.5 Å². The van der Waals surface area contributed by atoms with Crippen molar-refractivity contribution in [3.63, 3.8) is 0 Å². The Balaban J connectivity index is 1.64. The minimum Gasteiger partial charge on any atom is -0.458 e. The lowest BCUT2D eigenvalue weighted by atomic mass is 9.97. The molecule has 4 aromatic rings. The lowest BCUT2D eigenvalue weighted by molar-refractivity contribution is 0.0654. The fraction of sp³-hybridized carbons (Fsp3) is 0.300. The molecule has 8 nitrogen and oxygen atoms in total. The molecule has 4 heterocycles. The van der Waals surface area contributed by atoms with E-state index >= 15 is 0 Å². The van der Waals surface area contributed by atoms with Crippen LogP contribution >= 0.6 is 0 Å². The van der Waals surface area contributed by atoms with Gasteiger partial charge in [0.05, 0.1) is 12.0 Å². The molecule has 1 aromatic carbocycles. The van der Waals surface area contributed by atoms with Crippen molar-refractivity contribution in [2.45, 2.75) is 25.8 Å². The fourth-order valence-corrected chi connectivity index (χ4v) is 4.05. The van der Waals surface area contributed by atoms with Crippen molar-refractivity contribution < 1.29 is 22.4 Å². The molecule has 0 saturated carbocycles. The van der Waals surface area contributed by atoms with Gasteiger partial charge in [-0.25, -0.2) is 27.8 Å². The van der Waals surface area contributed by atoms with Gasteiger partial charge in [-0.15, -0.1) is 5.10 Å². The third-order valence-electron chi connectivity index (χ3n) is 5.54. The number of aromatic nitrogens is 5. The lowest BCUT2D eigenvalue weighted by Crippen LogP contribution is -2.42. The first-order valence-corrected chi connectivity index (χ1v) is 9.56. The predicted molar refractivity (Wildman–Crippen MR) is 102 cm³/mol. The average molecular weight is 430 g/mol. The summed E-state index contributed by atoms with van der Waals surface area (Å²) in [6.07, 6.45) is -0.874. The van der Waals surface area contributed by atoms with Gasteiger partial charge in [0.25, 0.3) is 12.3 Å². The van der Waals surface area contributed by atoms with Crippen molar-refractivity contribution in [3.05, 3.63) is 64.7 Å².